The van der Waals surface area contributed by atoms with Gasteiger partial charge in [-0.25, -0.2) is 0 Å². The van der Waals surface area contributed by atoms with Crippen LogP contribution in [-0.2, 0) is 0 Å². The molecule has 0 saturated carbocycles. The Labute approximate surface area is 112 Å². The minimum absolute atomic E-state index is 0.566. The Bertz CT molecular complexity index is 644. The molecule has 0 bridgehead atoms. The number of nitrogens with one attached hydrogen (secondary N) is 1. The molecule has 0 aliphatic heterocycles. The Kier molecular flexibility index (Phi) is 3.58. The molecule has 19 heavy (non-hydrogen) atoms. The van der Waals surface area contributed by atoms with Gasteiger partial charge in [-0.1, -0.05) is 0 Å². The van der Waals surface area contributed by atoms with Crippen LogP contribution in [0.1, 0.15) is 11.1 Å². The molecule has 4 nitrogen and oxygen atoms in total. The fourth-order valence-corrected chi connectivity index (χ4v) is 1.77. The number of hydrogen-bond acceptors (Lipinski definition) is 4. The zero-order chi connectivity index (χ0) is 13.8. The van der Waals surface area contributed by atoms with Gasteiger partial charge in [-0.2, -0.15) is 5.26 Å². The van der Waals surface area contributed by atoms with Crippen LogP contribution in [0.2, 0.25) is 0 Å². The highest BCUT2D eigenvalue weighted by Gasteiger charge is 2.05. The molecule has 0 aromatic heterocycles. The largest absolute Gasteiger partial charge is 0.495 e. The van der Waals surface area contributed by atoms with Gasteiger partial charge in [0.1, 0.15) is 5.75 Å². The van der Waals surface area contributed by atoms with Crippen molar-refractivity contribution in [2.75, 3.05) is 18.2 Å². The minimum atomic E-state index is 0.566. The van der Waals surface area contributed by atoms with Crippen LogP contribution in [-0.4, -0.2) is 7.11 Å². The first-order valence-corrected chi connectivity index (χ1v) is 5.85. The van der Waals surface area contributed by atoms with E-state index in [4.69, 9.17) is 15.7 Å². The summed E-state index contributed by atoms with van der Waals surface area (Å²) in [5.41, 5.74) is 9.86. The number of anilines is 3. The minimum Gasteiger partial charge on any atom is -0.495 e. The van der Waals surface area contributed by atoms with E-state index in [1.807, 2.05) is 31.2 Å². The van der Waals surface area contributed by atoms with Crippen molar-refractivity contribution in [1.29, 1.82) is 5.26 Å². The predicted molar refractivity (Wildman–Crippen MR) is 76.6 cm³/mol. The third-order valence-corrected chi connectivity index (χ3v) is 2.88. The molecule has 0 amide bonds. The van der Waals surface area contributed by atoms with Crippen molar-refractivity contribution < 1.29 is 4.74 Å². The Morgan fingerprint density at radius 3 is 2.63 bits per heavy atom. The number of methoxy groups -OCH3 is 1. The first-order chi connectivity index (χ1) is 9.13. The van der Waals surface area contributed by atoms with Crippen LogP contribution < -0.4 is 15.8 Å². The molecule has 2 rings (SSSR count). The maximum atomic E-state index is 8.87. The first-order valence-electron chi connectivity index (χ1n) is 5.85. The summed E-state index contributed by atoms with van der Waals surface area (Å²) in [5.74, 6) is 0.633. The van der Waals surface area contributed by atoms with E-state index in [1.165, 1.54) is 0 Å². The average molecular weight is 253 g/mol. The zero-order valence-corrected chi connectivity index (χ0v) is 10.9. The number of nitrogen functional groups attached to an aromatic ring is 1. The third-order valence-electron chi connectivity index (χ3n) is 2.88. The molecule has 3 N–H and O–H groups in total. The van der Waals surface area contributed by atoms with Crippen molar-refractivity contribution in [2.24, 2.45) is 0 Å². The van der Waals surface area contributed by atoms with Gasteiger partial charge >= 0.3 is 0 Å². The smallest absolute Gasteiger partial charge is 0.143 e. The molecular formula is C15H15N3O. The summed E-state index contributed by atoms with van der Waals surface area (Å²) in [6.07, 6.45) is 0. The van der Waals surface area contributed by atoms with E-state index in [9.17, 15) is 0 Å². The van der Waals surface area contributed by atoms with Crippen molar-refractivity contribution >= 4 is 17.1 Å². The van der Waals surface area contributed by atoms with Crippen LogP contribution >= 0.6 is 0 Å². The second-order valence-corrected chi connectivity index (χ2v) is 4.22. The van der Waals surface area contributed by atoms with E-state index in [1.54, 1.807) is 19.2 Å². The van der Waals surface area contributed by atoms with E-state index in [0.717, 1.165) is 22.6 Å². The maximum Gasteiger partial charge on any atom is 0.143 e. The van der Waals surface area contributed by atoms with Crippen LogP contribution in [0.3, 0.4) is 0 Å². The van der Waals surface area contributed by atoms with Crippen molar-refractivity contribution in [1.82, 2.24) is 0 Å². The number of rotatable bonds is 3. The van der Waals surface area contributed by atoms with Crippen molar-refractivity contribution in [3.05, 3.63) is 47.5 Å². The Hall–Kier alpha value is -2.67. The van der Waals surface area contributed by atoms with Gasteiger partial charge in [0.25, 0.3) is 0 Å². The maximum absolute atomic E-state index is 8.87. The fourth-order valence-electron chi connectivity index (χ4n) is 1.77. The molecule has 0 atom stereocenters. The van der Waals surface area contributed by atoms with Gasteiger partial charge in [-0.05, 0) is 42.8 Å². The molecule has 0 aliphatic carbocycles. The van der Waals surface area contributed by atoms with Gasteiger partial charge in [0.15, 0.2) is 0 Å². The third kappa shape index (κ3) is 2.78. The van der Waals surface area contributed by atoms with Crippen LogP contribution in [0, 0.1) is 18.3 Å². The van der Waals surface area contributed by atoms with Gasteiger partial charge in [0, 0.05) is 17.4 Å². The molecular weight excluding hydrogens is 238 g/mol. The highest BCUT2D eigenvalue weighted by atomic mass is 16.5. The molecule has 96 valence electrons. The summed E-state index contributed by atoms with van der Waals surface area (Å²) < 4.78 is 5.28. The van der Waals surface area contributed by atoms with E-state index >= 15 is 0 Å². The highest BCUT2D eigenvalue weighted by Crippen LogP contribution is 2.29. The summed E-state index contributed by atoms with van der Waals surface area (Å²) in [7, 11) is 1.58. The van der Waals surface area contributed by atoms with Crippen LogP contribution in [0.4, 0.5) is 17.1 Å². The summed E-state index contributed by atoms with van der Waals surface area (Å²) in [6.45, 7) is 1.95. The Morgan fingerprint density at radius 2 is 2.00 bits per heavy atom. The Balaban J connectivity index is 2.32. The van der Waals surface area contributed by atoms with Gasteiger partial charge in [0.2, 0.25) is 0 Å². The first kappa shape index (κ1) is 12.8. The van der Waals surface area contributed by atoms with Gasteiger partial charge < -0.3 is 15.8 Å². The van der Waals surface area contributed by atoms with E-state index in [-0.39, 0.29) is 0 Å². The number of nitriles is 1. The SMILES string of the molecule is COc1cc(C#N)ccc1Nc1ccc(N)c(C)c1. The Morgan fingerprint density at radius 1 is 1.21 bits per heavy atom. The zero-order valence-electron chi connectivity index (χ0n) is 10.9. The molecule has 2 aromatic carbocycles. The molecule has 0 radical (unpaired) electrons. The molecule has 0 spiro atoms. The van der Waals surface area contributed by atoms with Crippen LogP contribution in [0.5, 0.6) is 5.75 Å². The average Bonchev–Trinajstić information content (AvgIpc) is 2.43. The van der Waals surface area contributed by atoms with Crippen molar-refractivity contribution in [3.8, 4) is 11.8 Å². The number of nitrogens with zero attached hydrogens (tertiary/aromatic N) is 1. The second-order valence-electron chi connectivity index (χ2n) is 4.22. The van der Waals surface area contributed by atoms with Gasteiger partial charge in [-0.15, -0.1) is 0 Å². The standard InChI is InChI=1S/C15H15N3O/c1-10-7-12(4-5-13(10)17)18-14-6-3-11(9-16)8-15(14)19-2/h3-8,18H,17H2,1-2H3. The summed E-state index contributed by atoms with van der Waals surface area (Å²) in [4.78, 5) is 0. The van der Waals surface area contributed by atoms with Crippen molar-refractivity contribution in [2.45, 2.75) is 6.92 Å². The fraction of sp³-hybridized carbons (Fsp3) is 0.133. The summed E-state index contributed by atoms with van der Waals surface area (Å²) >= 11 is 0. The predicted octanol–water partition coefficient (Wildman–Crippen LogP) is 3.20. The molecule has 4 heteroatoms. The lowest BCUT2D eigenvalue weighted by Crippen LogP contribution is -1.97. The lowest BCUT2D eigenvalue weighted by molar-refractivity contribution is 0.416. The van der Waals surface area contributed by atoms with E-state index in [2.05, 4.69) is 11.4 Å². The normalized spacial score (nSPS) is 9.74. The van der Waals surface area contributed by atoms with Crippen LogP contribution in [0.15, 0.2) is 36.4 Å². The van der Waals surface area contributed by atoms with Crippen molar-refractivity contribution in [3.63, 3.8) is 0 Å². The topological polar surface area (TPSA) is 71.1 Å². The van der Waals surface area contributed by atoms with E-state index in [0.29, 0.717) is 11.3 Å². The van der Waals surface area contributed by atoms with E-state index < -0.39 is 0 Å². The van der Waals surface area contributed by atoms with Crippen LogP contribution in [0.25, 0.3) is 0 Å². The van der Waals surface area contributed by atoms with Gasteiger partial charge in [-0.3, -0.25) is 0 Å². The number of hydrogen-bond donors (Lipinski definition) is 2. The summed E-state index contributed by atoms with van der Waals surface area (Å²) in [6, 6.07) is 13.1. The quantitative estimate of drug-likeness (QED) is 0.824. The molecule has 0 fully saturated rings. The molecule has 0 aliphatic rings. The molecule has 0 heterocycles. The lowest BCUT2D eigenvalue weighted by atomic mass is 10.1. The number of nitrogens with two attached hydrogens (primary N) is 1. The monoisotopic (exact) mass is 253 g/mol. The number of ether oxygens (including phenoxy) is 1. The lowest BCUT2D eigenvalue weighted by Gasteiger charge is -2.12. The molecule has 2 aromatic rings. The summed E-state index contributed by atoms with van der Waals surface area (Å²) in [5, 5.41) is 12.1. The number of benzene rings is 2. The molecule has 0 saturated heterocycles. The van der Waals surface area contributed by atoms with Gasteiger partial charge in [0.05, 0.1) is 24.4 Å². The number of aryl methyl sites for hydroxylation is 1. The molecule has 0 unspecified atom stereocenters. The second kappa shape index (κ2) is 5.32. The highest BCUT2D eigenvalue weighted by molar-refractivity contribution is 5.69.